The molecule has 2 aliphatic rings. The smallest absolute Gasteiger partial charge is 0.246 e. The monoisotopic (exact) mass is 264 g/mol. The van der Waals surface area contributed by atoms with Crippen LogP contribution >= 0.6 is 11.3 Å². The maximum Gasteiger partial charge on any atom is 0.246 e. The van der Waals surface area contributed by atoms with E-state index in [0.29, 0.717) is 12.3 Å². The molecule has 0 aromatic carbocycles. The Morgan fingerprint density at radius 2 is 2.22 bits per heavy atom. The first kappa shape index (κ1) is 11.9. The fourth-order valence-electron chi connectivity index (χ4n) is 2.45. The third-order valence-electron chi connectivity index (χ3n) is 3.71. The molecule has 1 aliphatic carbocycles. The van der Waals surface area contributed by atoms with Gasteiger partial charge in [-0.25, -0.2) is 0 Å². The number of hydrogen-bond donors (Lipinski definition) is 1. The zero-order valence-corrected chi connectivity index (χ0v) is 11.1. The lowest BCUT2D eigenvalue weighted by Gasteiger charge is -2.20. The quantitative estimate of drug-likeness (QED) is 0.839. The molecule has 2 amide bonds. The molecule has 1 saturated heterocycles. The number of thiophene rings is 1. The third-order valence-corrected chi connectivity index (χ3v) is 4.66. The highest BCUT2D eigenvalue weighted by molar-refractivity contribution is 7.10. The van der Waals surface area contributed by atoms with Gasteiger partial charge in [0.05, 0.1) is 12.5 Å². The molecule has 3 rings (SSSR count). The third kappa shape index (κ3) is 2.08. The van der Waals surface area contributed by atoms with Gasteiger partial charge in [0.15, 0.2) is 0 Å². The first-order valence-corrected chi connectivity index (χ1v) is 7.14. The van der Waals surface area contributed by atoms with Crippen LogP contribution in [0, 0.1) is 5.92 Å². The van der Waals surface area contributed by atoms with Crippen molar-refractivity contribution in [1.82, 2.24) is 10.2 Å². The van der Waals surface area contributed by atoms with Crippen molar-refractivity contribution in [2.24, 2.45) is 5.92 Å². The van der Waals surface area contributed by atoms with Gasteiger partial charge < -0.3 is 0 Å². The number of carbonyl (C=O) groups is 2. The molecule has 0 bridgehead atoms. The first-order valence-electron chi connectivity index (χ1n) is 6.26. The number of carbonyl (C=O) groups excluding carboxylic acids is 2. The maximum absolute atomic E-state index is 11.9. The van der Waals surface area contributed by atoms with Crippen LogP contribution in [0.1, 0.15) is 30.2 Å². The maximum atomic E-state index is 11.9. The summed E-state index contributed by atoms with van der Waals surface area (Å²) in [4.78, 5) is 25.9. The van der Waals surface area contributed by atoms with Gasteiger partial charge in [-0.2, -0.15) is 0 Å². The summed E-state index contributed by atoms with van der Waals surface area (Å²) in [6.07, 6.45) is 2.71. The van der Waals surface area contributed by atoms with E-state index in [0.717, 1.165) is 0 Å². The molecule has 1 aliphatic heterocycles. The minimum atomic E-state index is -0.338. The van der Waals surface area contributed by atoms with E-state index in [1.807, 2.05) is 6.07 Å². The molecule has 0 radical (unpaired) electrons. The molecular formula is C13H16N2O2S. The van der Waals surface area contributed by atoms with Crippen LogP contribution in [0.4, 0.5) is 0 Å². The Kier molecular flexibility index (Phi) is 2.95. The molecule has 18 heavy (non-hydrogen) atoms. The SMILES string of the molecule is CN1C(=O)CC(NC(c2cccs2)C2CC2)C1=O. The normalized spacial score (nSPS) is 25.8. The topological polar surface area (TPSA) is 49.4 Å². The molecule has 2 fully saturated rings. The Morgan fingerprint density at radius 3 is 2.72 bits per heavy atom. The summed E-state index contributed by atoms with van der Waals surface area (Å²) in [6, 6.07) is 4.03. The van der Waals surface area contributed by atoms with Crippen LogP contribution < -0.4 is 5.32 Å². The van der Waals surface area contributed by atoms with Gasteiger partial charge in [0.1, 0.15) is 0 Å². The fraction of sp³-hybridized carbons (Fsp3) is 0.538. The standard InChI is InChI=1S/C13H16N2O2S/c1-15-11(16)7-9(13(15)17)14-12(8-4-5-8)10-3-2-6-18-10/h2-3,6,8-9,12,14H,4-5,7H2,1H3. The minimum absolute atomic E-state index is 0.0850. The van der Waals surface area contributed by atoms with E-state index in [9.17, 15) is 9.59 Å². The summed E-state index contributed by atoms with van der Waals surface area (Å²) in [5.41, 5.74) is 0. The average Bonchev–Trinajstić information content (AvgIpc) is 3.00. The molecular weight excluding hydrogens is 248 g/mol. The molecule has 96 valence electrons. The van der Waals surface area contributed by atoms with Crippen LogP contribution in [0.2, 0.25) is 0 Å². The summed E-state index contributed by atoms with van der Waals surface area (Å²) in [7, 11) is 1.56. The molecule has 2 heterocycles. The number of rotatable bonds is 4. The van der Waals surface area contributed by atoms with E-state index in [-0.39, 0.29) is 23.9 Å². The zero-order chi connectivity index (χ0) is 12.7. The van der Waals surface area contributed by atoms with Gasteiger partial charge in [-0.05, 0) is 30.2 Å². The van der Waals surface area contributed by atoms with Crippen LogP contribution in [-0.4, -0.2) is 29.8 Å². The number of nitrogens with one attached hydrogen (secondary N) is 1. The number of amides is 2. The lowest BCUT2D eigenvalue weighted by atomic mass is 10.1. The summed E-state index contributed by atoms with van der Waals surface area (Å²) < 4.78 is 0. The lowest BCUT2D eigenvalue weighted by molar-refractivity contribution is -0.137. The molecule has 0 spiro atoms. The van der Waals surface area contributed by atoms with E-state index in [4.69, 9.17) is 0 Å². The average molecular weight is 264 g/mol. The molecule has 1 saturated carbocycles. The fourth-order valence-corrected chi connectivity index (χ4v) is 3.33. The molecule has 2 atom stereocenters. The van der Waals surface area contributed by atoms with Gasteiger partial charge in [0, 0.05) is 18.0 Å². The van der Waals surface area contributed by atoms with Crippen molar-refractivity contribution < 1.29 is 9.59 Å². The first-order chi connectivity index (χ1) is 8.66. The van der Waals surface area contributed by atoms with E-state index in [1.165, 1.54) is 22.6 Å². The molecule has 1 aromatic heterocycles. The highest BCUT2D eigenvalue weighted by atomic mass is 32.1. The Balaban J connectivity index is 1.74. The summed E-state index contributed by atoms with van der Waals surface area (Å²) in [5.74, 6) is 0.442. The summed E-state index contributed by atoms with van der Waals surface area (Å²) in [5, 5.41) is 5.44. The van der Waals surface area contributed by atoms with Crippen LogP contribution in [0.25, 0.3) is 0 Å². The largest absolute Gasteiger partial charge is 0.297 e. The van der Waals surface area contributed by atoms with E-state index >= 15 is 0 Å². The van der Waals surface area contributed by atoms with E-state index in [1.54, 1.807) is 18.4 Å². The minimum Gasteiger partial charge on any atom is -0.297 e. The number of likely N-dealkylation sites (tertiary alicyclic amines) is 1. The molecule has 5 heteroatoms. The van der Waals surface area contributed by atoms with Gasteiger partial charge in [-0.15, -0.1) is 11.3 Å². The van der Waals surface area contributed by atoms with Gasteiger partial charge in [-0.3, -0.25) is 19.8 Å². The second-order valence-corrected chi connectivity index (χ2v) is 6.02. The highest BCUT2D eigenvalue weighted by Gasteiger charge is 2.41. The van der Waals surface area contributed by atoms with Crippen molar-refractivity contribution in [1.29, 1.82) is 0 Å². The number of hydrogen-bond acceptors (Lipinski definition) is 4. The van der Waals surface area contributed by atoms with Crippen molar-refractivity contribution in [3.05, 3.63) is 22.4 Å². The van der Waals surface area contributed by atoms with Crippen molar-refractivity contribution in [3.63, 3.8) is 0 Å². The predicted molar refractivity (Wildman–Crippen MR) is 69.1 cm³/mol. The molecule has 1 aromatic rings. The summed E-state index contributed by atoms with van der Waals surface area (Å²) >= 11 is 1.71. The second-order valence-electron chi connectivity index (χ2n) is 5.04. The molecule has 1 N–H and O–H groups in total. The van der Waals surface area contributed by atoms with Crippen molar-refractivity contribution >= 4 is 23.2 Å². The van der Waals surface area contributed by atoms with Crippen molar-refractivity contribution in [3.8, 4) is 0 Å². The van der Waals surface area contributed by atoms with Gasteiger partial charge in [0.25, 0.3) is 0 Å². The summed E-state index contributed by atoms with van der Waals surface area (Å²) in [6.45, 7) is 0. The van der Waals surface area contributed by atoms with Crippen molar-refractivity contribution in [2.45, 2.75) is 31.3 Å². The van der Waals surface area contributed by atoms with Gasteiger partial charge >= 0.3 is 0 Å². The second kappa shape index (κ2) is 4.48. The van der Waals surface area contributed by atoms with Crippen LogP contribution in [0.15, 0.2) is 17.5 Å². The van der Waals surface area contributed by atoms with Crippen LogP contribution in [0.3, 0.4) is 0 Å². The molecule has 4 nitrogen and oxygen atoms in total. The Morgan fingerprint density at radius 1 is 1.44 bits per heavy atom. The van der Waals surface area contributed by atoms with E-state index < -0.39 is 0 Å². The van der Waals surface area contributed by atoms with Crippen LogP contribution in [0.5, 0.6) is 0 Å². The lowest BCUT2D eigenvalue weighted by Crippen LogP contribution is -2.39. The van der Waals surface area contributed by atoms with E-state index in [2.05, 4.69) is 16.8 Å². The number of nitrogens with zero attached hydrogens (tertiary/aromatic N) is 1. The Labute approximate surface area is 110 Å². The number of imide groups is 1. The highest BCUT2D eigenvalue weighted by Crippen LogP contribution is 2.42. The predicted octanol–water partition coefficient (Wildman–Crippen LogP) is 1.55. The van der Waals surface area contributed by atoms with Crippen molar-refractivity contribution in [2.75, 3.05) is 7.05 Å². The Hall–Kier alpha value is -1.20. The zero-order valence-electron chi connectivity index (χ0n) is 10.3. The van der Waals surface area contributed by atoms with Gasteiger partial charge in [0.2, 0.25) is 11.8 Å². The van der Waals surface area contributed by atoms with Gasteiger partial charge in [-0.1, -0.05) is 6.07 Å². The molecule has 2 unspecified atom stereocenters. The van der Waals surface area contributed by atoms with Crippen LogP contribution in [-0.2, 0) is 9.59 Å². The number of likely N-dealkylation sites (N-methyl/N-ethyl adjacent to an activating group) is 1. The Bertz CT molecular complexity index is 467.